The van der Waals surface area contributed by atoms with E-state index >= 15 is 0 Å². The van der Waals surface area contributed by atoms with E-state index in [1.807, 2.05) is 35.2 Å². The number of piperazine rings is 1. The van der Waals surface area contributed by atoms with Gasteiger partial charge in [0, 0.05) is 55.9 Å². The van der Waals surface area contributed by atoms with Crippen LogP contribution in [0.25, 0.3) is 0 Å². The van der Waals surface area contributed by atoms with Gasteiger partial charge in [-0.05, 0) is 90.7 Å². The summed E-state index contributed by atoms with van der Waals surface area (Å²) in [6.07, 6.45) is 2.12. The van der Waals surface area contributed by atoms with Crippen molar-refractivity contribution in [2.45, 2.75) is 24.8 Å². The minimum absolute atomic E-state index is 0.0788. The third kappa shape index (κ3) is 6.79. The van der Waals surface area contributed by atoms with Gasteiger partial charge in [-0.15, -0.1) is 0 Å². The first-order chi connectivity index (χ1) is 21.9. The van der Waals surface area contributed by atoms with Crippen molar-refractivity contribution < 1.29 is 14.3 Å². The number of benzene rings is 4. The van der Waals surface area contributed by atoms with Gasteiger partial charge in [-0.3, -0.25) is 9.69 Å². The Labute approximate surface area is 276 Å². The van der Waals surface area contributed by atoms with Crippen molar-refractivity contribution in [2.24, 2.45) is 0 Å². The minimum Gasteiger partial charge on any atom is -0.497 e. The van der Waals surface area contributed by atoms with Gasteiger partial charge >= 0.3 is 0 Å². The summed E-state index contributed by atoms with van der Waals surface area (Å²) >= 11 is 12.3. The molecule has 2 saturated heterocycles. The molecule has 0 bridgehead atoms. The Balaban J connectivity index is 1.16. The number of rotatable bonds is 8. The molecule has 0 radical (unpaired) electrons. The smallest absolute Gasteiger partial charge is 0.253 e. The number of nitrogens with zero attached hydrogens (tertiary/aromatic N) is 3. The lowest BCUT2D eigenvalue weighted by Gasteiger charge is -2.44. The van der Waals surface area contributed by atoms with E-state index < -0.39 is 0 Å². The highest BCUT2D eigenvalue weighted by atomic mass is 35.5. The SMILES string of the molecule is COc1ccc(C2(c3ccc(OC)cc3)CCCN(Cc3cccc(C(=O)N4CCN(c5ccc(Cl)c(Cl)c5)CC4)c3)C2)cc1. The van der Waals surface area contributed by atoms with Crippen molar-refractivity contribution in [1.29, 1.82) is 0 Å². The zero-order valence-electron chi connectivity index (χ0n) is 25.8. The van der Waals surface area contributed by atoms with Crippen LogP contribution in [0, 0.1) is 0 Å². The summed E-state index contributed by atoms with van der Waals surface area (Å²) in [6.45, 7) is 5.46. The molecule has 1 amide bonds. The Hall–Kier alpha value is -3.71. The number of amides is 1. The van der Waals surface area contributed by atoms with Crippen molar-refractivity contribution in [2.75, 3.05) is 58.4 Å². The Bertz CT molecular complexity index is 1570. The number of carbonyl (C=O) groups excluding carboxylic acids is 1. The highest BCUT2D eigenvalue weighted by Crippen LogP contribution is 2.42. The van der Waals surface area contributed by atoms with Gasteiger partial charge in [0.05, 0.1) is 24.3 Å². The summed E-state index contributed by atoms with van der Waals surface area (Å²) in [6, 6.07) is 30.9. The summed E-state index contributed by atoms with van der Waals surface area (Å²) < 4.78 is 10.9. The van der Waals surface area contributed by atoms with Gasteiger partial charge < -0.3 is 19.3 Å². The first-order valence-electron chi connectivity index (χ1n) is 15.5. The van der Waals surface area contributed by atoms with Gasteiger partial charge in [0.15, 0.2) is 0 Å². The van der Waals surface area contributed by atoms with E-state index in [2.05, 4.69) is 70.5 Å². The highest BCUT2D eigenvalue weighted by molar-refractivity contribution is 6.42. The second kappa shape index (κ2) is 13.7. The van der Waals surface area contributed by atoms with Crippen molar-refractivity contribution in [1.82, 2.24) is 9.80 Å². The first-order valence-corrected chi connectivity index (χ1v) is 16.2. The Kier molecular flexibility index (Phi) is 9.55. The van der Waals surface area contributed by atoms with Crippen LogP contribution in [0.1, 0.15) is 39.9 Å². The van der Waals surface area contributed by atoms with Crippen LogP contribution in [-0.4, -0.2) is 69.2 Å². The maximum Gasteiger partial charge on any atom is 0.253 e. The molecule has 0 atom stereocenters. The average molecular weight is 645 g/mol. The van der Waals surface area contributed by atoms with Crippen molar-refractivity contribution >= 4 is 34.8 Å². The Morgan fingerprint density at radius 3 is 2.00 bits per heavy atom. The summed E-state index contributed by atoms with van der Waals surface area (Å²) in [7, 11) is 3.40. The molecule has 2 heterocycles. The fourth-order valence-electron chi connectivity index (χ4n) is 6.83. The summed E-state index contributed by atoms with van der Waals surface area (Å²) in [5.41, 5.74) is 5.31. The first kappa shape index (κ1) is 31.3. The molecule has 8 heteroatoms. The quantitative estimate of drug-likeness (QED) is 0.198. The van der Waals surface area contributed by atoms with E-state index in [9.17, 15) is 4.79 Å². The van der Waals surface area contributed by atoms with Crippen molar-refractivity contribution in [3.63, 3.8) is 0 Å². The summed E-state index contributed by atoms with van der Waals surface area (Å²) in [5.74, 6) is 1.79. The van der Waals surface area contributed by atoms with Gasteiger partial charge in [0.1, 0.15) is 11.5 Å². The van der Waals surface area contributed by atoms with Gasteiger partial charge in [-0.2, -0.15) is 0 Å². The third-order valence-corrected chi connectivity index (χ3v) is 10.0. The van der Waals surface area contributed by atoms with Gasteiger partial charge in [-0.25, -0.2) is 0 Å². The van der Waals surface area contributed by atoms with Gasteiger partial charge in [0.25, 0.3) is 5.91 Å². The maximum absolute atomic E-state index is 13.6. The average Bonchev–Trinajstić information content (AvgIpc) is 3.09. The predicted octanol–water partition coefficient (Wildman–Crippen LogP) is 7.56. The van der Waals surface area contributed by atoms with Crippen molar-refractivity contribution in [3.05, 3.63) is 123 Å². The molecule has 0 spiro atoms. The lowest BCUT2D eigenvalue weighted by atomic mass is 9.69. The fraction of sp³-hybridized carbons (Fsp3) is 0.324. The molecule has 4 aromatic rings. The molecule has 0 saturated carbocycles. The van der Waals surface area contributed by atoms with Crippen LogP contribution in [0.5, 0.6) is 11.5 Å². The van der Waals surface area contributed by atoms with E-state index in [4.69, 9.17) is 32.7 Å². The van der Waals surface area contributed by atoms with E-state index in [0.717, 1.165) is 73.9 Å². The van der Waals surface area contributed by atoms with Crippen LogP contribution in [0.3, 0.4) is 0 Å². The lowest BCUT2D eigenvalue weighted by molar-refractivity contribution is 0.0746. The molecule has 2 aliphatic rings. The monoisotopic (exact) mass is 643 g/mol. The van der Waals surface area contributed by atoms with Crippen LogP contribution >= 0.6 is 23.2 Å². The third-order valence-electron chi connectivity index (χ3n) is 9.27. The summed E-state index contributed by atoms with van der Waals surface area (Å²) in [5, 5.41) is 1.09. The maximum atomic E-state index is 13.6. The molecule has 2 fully saturated rings. The fourth-order valence-corrected chi connectivity index (χ4v) is 7.12. The van der Waals surface area contributed by atoms with Gasteiger partial charge in [0.2, 0.25) is 0 Å². The molecule has 6 rings (SSSR count). The molecule has 0 aromatic heterocycles. The Morgan fingerprint density at radius 1 is 0.756 bits per heavy atom. The highest BCUT2D eigenvalue weighted by Gasteiger charge is 2.39. The molecule has 2 aliphatic heterocycles. The number of hydrogen-bond acceptors (Lipinski definition) is 5. The Morgan fingerprint density at radius 2 is 1.40 bits per heavy atom. The number of ether oxygens (including phenoxy) is 2. The van der Waals surface area contributed by atoms with Crippen molar-refractivity contribution in [3.8, 4) is 11.5 Å². The summed E-state index contributed by atoms with van der Waals surface area (Å²) in [4.78, 5) is 20.3. The van der Waals surface area contributed by atoms with Crippen LogP contribution in [0.4, 0.5) is 5.69 Å². The van der Waals surface area contributed by atoms with E-state index in [0.29, 0.717) is 23.1 Å². The van der Waals surface area contributed by atoms with Crippen LogP contribution in [-0.2, 0) is 12.0 Å². The van der Waals surface area contributed by atoms with E-state index in [-0.39, 0.29) is 11.3 Å². The molecule has 4 aromatic carbocycles. The molecule has 6 nitrogen and oxygen atoms in total. The zero-order valence-corrected chi connectivity index (χ0v) is 27.4. The number of carbonyl (C=O) groups is 1. The molecule has 0 N–H and O–H groups in total. The molecule has 0 aliphatic carbocycles. The molecule has 45 heavy (non-hydrogen) atoms. The second-order valence-corrected chi connectivity index (χ2v) is 12.7. The van der Waals surface area contributed by atoms with E-state index in [1.165, 1.54) is 11.1 Å². The zero-order chi connectivity index (χ0) is 31.4. The number of methoxy groups -OCH3 is 2. The largest absolute Gasteiger partial charge is 0.497 e. The number of hydrogen-bond donors (Lipinski definition) is 0. The number of anilines is 1. The van der Waals surface area contributed by atoms with Crippen LogP contribution in [0.15, 0.2) is 91.0 Å². The molecular formula is C37H39Cl2N3O3. The minimum atomic E-state index is -0.168. The van der Waals surface area contributed by atoms with Crippen LogP contribution < -0.4 is 14.4 Å². The molecular weight excluding hydrogens is 605 g/mol. The normalized spacial score (nSPS) is 16.8. The standard InChI is InChI=1S/C37H39Cl2N3O3/c1-44-32-12-7-29(8-13-32)37(30-9-14-33(45-2)15-10-30)17-4-18-40(26-37)25-27-5-3-6-28(23-27)36(43)42-21-19-41(20-22-42)31-11-16-34(38)35(39)24-31/h3,5-16,23-24H,4,17-22,25-26H2,1-2H3. The lowest BCUT2D eigenvalue weighted by Crippen LogP contribution is -2.48. The molecule has 234 valence electrons. The topological polar surface area (TPSA) is 45.3 Å². The second-order valence-electron chi connectivity index (χ2n) is 11.9. The predicted molar refractivity (Wildman–Crippen MR) is 182 cm³/mol. The van der Waals surface area contributed by atoms with Gasteiger partial charge in [-0.1, -0.05) is 59.6 Å². The van der Waals surface area contributed by atoms with E-state index in [1.54, 1.807) is 14.2 Å². The number of piperidine rings is 1. The van der Waals surface area contributed by atoms with Crippen LogP contribution in [0.2, 0.25) is 10.0 Å². The number of likely N-dealkylation sites (tertiary alicyclic amines) is 1. The number of halogens is 2. The molecule has 0 unspecified atom stereocenters.